The fraction of sp³-hybridized carbons (Fsp3) is 0.615. The number of aromatic nitrogens is 1. The highest BCUT2D eigenvalue weighted by Gasteiger charge is 2.30. The molecule has 0 saturated heterocycles. The molecule has 2 amide bonds. The minimum absolute atomic E-state index is 0.0827. The molecule has 2 N–H and O–H groups in total. The first kappa shape index (κ1) is 14.0. The molecule has 0 bridgehead atoms. The van der Waals surface area contributed by atoms with Crippen LogP contribution in [-0.2, 0) is 11.2 Å². The number of amides is 2. The molecule has 0 aromatic carbocycles. The molecule has 104 valence electrons. The van der Waals surface area contributed by atoms with Crippen molar-refractivity contribution < 1.29 is 9.59 Å². The van der Waals surface area contributed by atoms with E-state index in [1.54, 1.807) is 0 Å². The third kappa shape index (κ3) is 3.76. The van der Waals surface area contributed by atoms with Gasteiger partial charge in [0.15, 0.2) is 0 Å². The maximum absolute atomic E-state index is 12.0. The van der Waals surface area contributed by atoms with Crippen molar-refractivity contribution in [2.45, 2.75) is 40.0 Å². The Balaban J connectivity index is 1.94. The summed E-state index contributed by atoms with van der Waals surface area (Å²) in [6.07, 6.45) is 2.70. The Morgan fingerprint density at radius 1 is 1.37 bits per heavy atom. The average Bonchev–Trinajstić information content (AvgIpc) is 3.10. The molecule has 5 nitrogen and oxygen atoms in total. The lowest BCUT2D eigenvalue weighted by Crippen LogP contribution is -2.42. The Bertz CT molecular complexity index is 492. The van der Waals surface area contributed by atoms with Crippen molar-refractivity contribution in [2.75, 3.05) is 0 Å². The lowest BCUT2D eigenvalue weighted by Gasteiger charge is -2.05. The summed E-state index contributed by atoms with van der Waals surface area (Å²) in [6.45, 7) is 6.05. The average molecular weight is 281 g/mol. The van der Waals surface area contributed by atoms with Crippen molar-refractivity contribution in [1.82, 2.24) is 15.8 Å². The Morgan fingerprint density at radius 2 is 2.05 bits per heavy atom. The SMILES string of the molecule is Cc1nc(CC(C)C)sc1C(=O)NNC(=O)C1CC1. The van der Waals surface area contributed by atoms with Crippen LogP contribution < -0.4 is 10.9 Å². The molecule has 6 heteroatoms. The van der Waals surface area contributed by atoms with Crippen LogP contribution in [-0.4, -0.2) is 16.8 Å². The maximum Gasteiger partial charge on any atom is 0.281 e. The van der Waals surface area contributed by atoms with Gasteiger partial charge in [-0.05, 0) is 25.7 Å². The first-order valence-corrected chi connectivity index (χ1v) is 7.35. The molecule has 1 aliphatic rings. The van der Waals surface area contributed by atoms with Crippen LogP contribution in [0.5, 0.6) is 0 Å². The summed E-state index contributed by atoms with van der Waals surface area (Å²) in [4.78, 5) is 28.4. The lowest BCUT2D eigenvalue weighted by atomic mass is 10.1. The molecular weight excluding hydrogens is 262 g/mol. The second kappa shape index (κ2) is 5.69. The van der Waals surface area contributed by atoms with Crippen molar-refractivity contribution in [2.24, 2.45) is 11.8 Å². The van der Waals surface area contributed by atoms with Crippen LogP contribution in [0.2, 0.25) is 0 Å². The van der Waals surface area contributed by atoms with Crippen molar-refractivity contribution in [3.63, 3.8) is 0 Å². The Hall–Kier alpha value is -1.43. The van der Waals surface area contributed by atoms with E-state index >= 15 is 0 Å². The minimum atomic E-state index is -0.279. The lowest BCUT2D eigenvalue weighted by molar-refractivity contribution is -0.123. The zero-order valence-electron chi connectivity index (χ0n) is 11.4. The number of carbonyl (C=O) groups excluding carboxylic acids is 2. The molecule has 1 heterocycles. The highest BCUT2D eigenvalue weighted by Crippen LogP contribution is 2.28. The van der Waals surface area contributed by atoms with E-state index in [-0.39, 0.29) is 17.7 Å². The van der Waals surface area contributed by atoms with E-state index in [1.165, 1.54) is 11.3 Å². The van der Waals surface area contributed by atoms with E-state index in [1.807, 2.05) is 6.92 Å². The van der Waals surface area contributed by atoms with Crippen molar-refractivity contribution in [1.29, 1.82) is 0 Å². The van der Waals surface area contributed by atoms with Gasteiger partial charge in [-0.1, -0.05) is 13.8 Å². The van der Waals surface area contributed by atoms with E-state index in [9.17, 15) is 9.59 Å². The van der Waals surface area contributed by atoms with Crippen LogP contribution >= 0.6 is 11.3 Å². The van der Waals surface area contributed by atoms with Crippen LogP contribution in [0.4, 0.5) is 0 Å². The summed E-state index contributed by atoms with van der Waals surface area (Å²) >= 11 is 1.40. The van der Waals surface area contributed by atoms with Gasteiger partial charge in [0.1, 0.15) is 4.88 Å². The van der Waals surface area contributed by atoms with E-state index in [4.69, 9.17) is 0 Å². The predicted octanol–water partition coefficient (Wildman–Crippen LogP) is 1.82. The fourth-order valence-electron chi connectivity index (χ4n) is 1.72. The Kier molecular flexibility index (Phi) is 4.19. The van der Waals surface area contributed by atoms with Crippen LogP contribution in [0.15, 0.2) is 0 Å². The number of nitrogens with one attached hydrogen (secondary N) is 2. The Labute approximate surface area is 116 Å². The minimum Gasteiger partial charge on any atom is -0.273 e. The molecule has 1 saturated carbocycles. The van der Waals surface area contributed by atoms with Gasteiger partial charge in [0, 0.05) is 12.3 Å². The summed E-state index contributed by atoms with van der Waals surface area (Å²) in [5, 5.41) is 0.964. The monoisotopic (exact) mass is 281 g/mol. The number of aryl methyl sites for hydroxylation is 1. The van der Waals surface area contributed by atoms with Gasteiger partial charge < -0.3 is 0 Å². The number of hydrazine groups is 1. The summed E-state index contributed by atoms with van der Waals surface area (Å²) < 4.78 is 0. The Morgan fingerprint density at radius 3 is 2.63 bits per heavy atom. The van der Waals surface area contributed by atoms with Crippen LogP contribution in [0.3, 0.4) is 0 Å². The largest absolute Gasteiger partial charge is 0.281 e. The van der Waals surface area contributed by atoms with E-state index in [0.717, 1.165) is 30.0 Å². The molecule has 1 aliphatic carbocycles. The van der Waals surface area contributed by atoms with Gasteiger partial charge in [-0.3, -0.25) is 20.4 Å². The smallest absolute Gasteiger partial charge is 0.273 e. The van der Waals surface area contributed by atoms with E-state index in [2.05, 4.69) is 29.7 Å². The number of nitrogens with zero attached hydrogens (tertiary/aromatic N) is 1. The molecule has 0 atom stereocenters. The van der Waals surface area contributed by atoms with Crippen molar-refractivity contribution in [3.05, 3.63) is 15.6 Å². The fourth-order valence-corrected chi connectivity index (χ4v) is 2.89. The third-order valence-corrected chi connectivity index (χ3v) is 4.06. The molecule has 0 spiro atoms. The van der Waals surface area contributed by atoms with Gasteiger partial charge in [-0.2, -0.15) is 0 Å². The van der Waals surface area contributed by atoms with Crippen molar-refractivity contribution >= 4 is 23.2 Å². The predicted molar refractivity (Wildman–Crippen MR) is 73.7 cm³/mol. The second-order valence-electron chi connectivity index (χ2n) is 5.34. The first-order valence-electron chi connectivity index (χ1n) is 6.54. The summed E-state index contributed by atoms with van der Waals surface area (Å²) in [6, 6.07) is 0. The van der Waals surface area contributed by atoms with E-state index in [0.29, 0.717) is 10.8 Å². The molecule has 0 radical (unpaired) electrons. The molecular formula is C13H19N3O2S. The molecule has 19 heavy (non-hydrogen) atoms. The van der Waals surface area contributed by atoms with Gasteiger partial charge in [-0.25, -0.2) is 4.98 Å². The van der Waals surface area contributed by atoms with Crippen molar-refractivity contribution in [3.8, 4) is 0 Å². The van der Waals surface area contributed by atoms with Crippen LogP contribution in [0.25, 0.3) is 0 Å². The zero-order chi connectivity index (χ0) is 14.0. The topological polar surface area (TPSA) is 71.1 Å². The molecule has 2 rings (SSSR count). The summed E-state index contributed by atoms with van der Waals surface area (Å²) in [5.74, 6) is 0.215. The molecule has 1 fully saturated rings. The van der Waals surface area contributed by atoms with Gasteiger partial charge in [0.25, 0.3) is 5.91 Å². The third-order valence-electron chi connectivity index (χ3n) is 2.88. The number of thiazole rings is 1. The number of rotatable bonds is 4. The molecule has 1 aromatic heterocycles. The van der Waals surface area contributed by atoms with Gasteiger partial charge in [0.2, 0.25) is 5.91 Å². The number of hydrogen-bond acceptors (Lipinski definition) is 4. The first-order chi connectivity index (χ1) is 8.97. The molecule has 1 aromatic rings. The van der Waals surface area contributed by atoms with Gasteiger partial charge in [0.05, 0.1) is 10.7 Å². The maximum atomic E-state index is 12.0. The standard InChI is InChI=1S/C13H19N3O2S/c1-7(2)6-10-14-8(3)11(19-10)13(18)16-15-12(17)9-4-5-9/h7,9H,4-6H2,1-3H3,(H,15,17)(H,16,18). The summed E-state index contributed by atoms with van der Waals surface area (Å²) in [5.41, 5.74) is 5.64. The normalized spacial score (nSPS) is 14.5. The molecule has 0 unspecified atom stereocenters. The second-order valence-corrected chi connectivity index (χ2v) is 6.42. The zero-order valence-corrected chi connectivity index (χ0v) is 12.3. The number of hydrogen-bond donors (Lipinski definition) is 2. The summed E-state index contributed by atoms with van der Waals surface area (Å²) in [7, 11) is 0. The molecule has 0 aliphatic heterocycles. The van der Waals surface area contributed by atoms with Gasteiger partial charge >= 0.3 is 0 Å². The number of carbonyl (C=O) groups is 2. The highest BCUT2D eigenvalue weighted by atomic mass is 32.1. The van der Waals surface area contributed by atoms with Gasteiger partial charge in [-0.15, -0.1) is 11.3 Å². The quantitative estimate of drug-likeness (QED) is 0.827. The van der Waals surface area contributed by atoms with Crippen LogP contribution in [0, 0.1) is 18.8 Å². The highest BCUT2D eigenvalue weighted by molar-refractivity contribution is 7.13. The van der Waals surface area contributed by atoms with E-state index < -0.39 is 0 Å². The van der Waals surface area contributed by atoms with Crippen LogP contribution in [0.1, 0.15) is 47.1 Å².